The van der Waals surface area contributed by atoms with E-state index < -0.39 is 22.5 Å². The maximum Gasteiger partial charge on any atom is 0.268 e. The highest BCUT2D eigenvalue weighted by atomic mass is 35.5. The number of rotatable bonds is 8. The molecule has 0 fully saturated rings. The molecule has 0 atom stereocenters. The Bertz CT molecular complexity index is 1150. The van der Waals surface area contributed by atoms with Crippen molar-refractivity contribution in [3.63, 3.8) is 0 Å². The molecule has 1 N–H and O–H groups in total. The van der Waals surface area contributed by atoms with Gasteiger partial charge in [-0.3, -0.25) is 9.10 Å². The smallest absolute Gasteiger partial charge is 0.268 e. The molecule has 1 amide bonds. The lowest BCUT2D eigenvalue weighted by Crippen LogP contribution is -2.40. The lowest BCUT2D eigenvalue weighted by Gasteiger charge is -2.25. The fourth-order valence-corrected chi connectivity index (χ4v) is 4.80. The van der Waals surface area contributed by atoms with Crippen molar-refractivity contribution in [2.24, 2.45) is 0 Å². The van der Waals surface area contributed by atoms with E-state index in [2.05, 4.69) is 5.32 Å². The van der Waals surface area contributed by atoms with E-state index in [0.29, 0.717) is 17.3 Å². The third kappa shape index (κ3) is 5.57. The fraction of sp³-hybridized carbons (Fsp3) is 0.174. The van der Waals surface area contributed by atoms with E-state index in [1.54, 1.807) is 43.3 Å². The largest absolute Gasteiger partial charge is 0.495 e. The molecule has 3 rings (SSSR count). The number of halogens is 1. The van der Waals surface area contributed by atoms with Crippen LogP contribution in [0.3, 0.4) is 0 Å². The number of aryl methyl sites for hydroxylation is 1. The van der Waals surface area contributed by atoms with Gasteiger partial charge in [0.2, 0.25) is 5.91 Å². The molecule has 31 heavy (non-hydrogen) atoms. The van der Waals surface area contributed by atoms with Crippen molar-refractivity contribution in [1.82, 2.24) is 5.32 Å². The Morgan fingerprint density at radius 2 is 1.71 bits per heavy atom. The molecule has 0 aliphatic rings. The van der Waals surface area contributed by atoms with Crippen LogP contribution in [0.2, 0.25) is 5.02 Å². The third-order valence-corrected chi connectivity index (χ3v) is 6.67. The van der Waals surface area contributed by atoms with Crippen molar-refractivity contribution in [1.29, 1.82) is 0 Å². The number of nitrogens with zero attached hydrogens (tertiary/aromatic N) is 1. The molecule has 0 aliphatic carbocycles. The van der Waals surface area contributed by atoms with Gasteiger partial charge in [0.25, 0.3) is 10.0 Å². The van der Waals surface area contributed by atoms with Crippen molar-refractivity contribution >= 4 is 33.2 Å². The fourth-order valence-electron chi connectivity index (χ4n) is 3.01. The van der Waals surface area contributed by atoms with Crippen LogP contribution in [0.1, 0.15) is 11.1 Å². The van der Waals surface area contributed by atoms with Gasteiger partial charge in [-0.1, -0.05) is 48.0 Å². The van der Waals surface area contributed by atoms with Crippen LogP contribution >= 0.6 is 11.6 Å². The van der Waals surface area contributed by atoms with E-state index in [1.807, 2.05) is 30.3 Å². The molecule has 3 aromatic rings. The summed E-state index contributed by atoms with van der Waals surface area (Å²) in [6, 6.07) is 20.6. The van der Waals surface area contributed by atoms with Gasteiger partial charge in [0.15, 0.2) is 0 Å². The number of carbonyl (C=O) groups excluding carboxylic acids is 1. The van der Waals surface area contributed by atoms with Crippen molar-refractivity contribution in [2.75, 3.05) is 18.0 Å². The van der Waals surface area contributed by atoms with Gasteiger partial charge >= 0.3 is 0 Å². The van der Waals surface area contributed by atoms with Gasteiger partial charge in [-0.2, -0.15) is 0 Å². The lowest BCUT2D eigenvalue weighted by atomic mass is 10.2. The van der Waals surface area contributed by atoms with Gasteiger partial charge in [-0.05, 0) is 54.4 Å². The minimum Gasteiger partial charge on any atom is -0.495 e. The molecular formula is C23H23ClN2O4S. The number of benzene rings is 3. The van der Waals surface area contributed by atoms with Gasteiger partial charge in [0.1, 0.15) is 17.2 Å². The number of sulfonamides is 1. The second-order valence-corrected chi connectivity index (χ2v) is 9.17. The Kier molecular flexibility index (Phi) is 7.20. The number of nitrogens with one attached hydrogen (secondary N) is 1. The summed E-state index contributed by atoms with van der Waals surface area (Å²) in [5, 5.41) is 3.23. The molecule has 0 aromatic heterocycles. The van der Waals surface area contributed by atoms with Crippen molar-refractivity contribution in [2.45, 2.75) is 18.4 Å². The molecule has 162 valence electrons. The average molecular weight is 459 g/mol. The monoisotopic (exact) mass is 458 g/mol. The molecule has 0 radical (unpaired) electrons. The summed E-state index contributed by atoms with van der Waals surface area (Å²) in [5.74, 6) is -0.233. The van der Waals surface area contributed by atoms with Crippen LogP contribution < -0.4 is 14.4 Å². The number of carbonyl (C=O) groups is 1. The Balaban J connectivity index is 1.94. The highest BCUT2D eigenvalue weighted by Crippen LogP contribution is 2.31. The molecule has 6 nitrogen and oxygen atoms in total. The van der Waals surface area contributed by atoms with Crippen LogP contribution in [0, 0.1) is 6.92 Å². The van der Waals surface area contributed by atoms with Crippen LogP contribution in [0.4, 0.5) is 5.69 Å². The molecular weight excluding hydrogens is 436 g/mol. The number of hydrogen-bond acceptors (Lipinski definition) is 4. The predicted molar refractivity (Wildman–Crippen MR) is 122 cm³/mol. The van der Waals surface area contributed by atoms with Crippen LogP contribution in [-0.4, -0.2) is 28.0 Å². The Morgan fingerprint density at radius 3 is 2.35 bits per heavy atom. The quantitative estimate of drug-likeness (QED) is 0.549. The Hall–Kier alpha value is -3.03. The van der Waals surface area contributed by atoms with Gasteiger partial charge < -0.3 is 10.1 Å². The van der Waals surface area contributed by atoms with Crippen LogP contribution in [0.15, 0.2) is 77.7 Å². The molecule has 0 spiro atoms. The van der Waals surface area contributed by atoms with Gasteiger partial charge in [-0.25, -0.2) is 8.42 Å². The van der Waals surface area contributed by atoms with Crippen molar-refractivity contribution < 1.29 is 17.9 Å². The van der Waals surface area contributed by atoms with E-state index in [0.717, 1.165) is 15.4 Å². The first-order chi connectivity index (χ1) is 14.8. The third-order valence-electron chi connectivity index (χ3n) is 4.62. The molecule has 8 heteroatoms. The molecule has 0 aliphatic heterocycles. The summed E-state index contributed by atoms with van der Waals surface area (Å²) in [4.78, 5) is 12.7. The number of hydrogen-bond donors (Lipinski definition) is 1. The molecule has 0 unspecified atom stereocenters. The average Bonchev–Trinajstić information content (AvgIpc) is 2.77. The molecule has 0 bridgehead atoms. The first-order valence-corrected chi connectivity index (χ1v) is 11.4. The first-order valence-electron chi connectivity index (χ1n) is 9.55. The van der Waals surface area contributed by atoms with Gasteiger partial charge in [0.05, 0.1) is 12.8 Å². The second kappa shape index (κ2) is 9.85. The molecule has 0 saturated carbocycles. The van der Waals surface area contributed by atoms with Gasteiger partial charge in [0, 0.05) is 11.6 Å². The zero-order chi connectivity index (χ0) is 22.4. The topological polar surface area (TPSA) is 75.7 Å². The van der Waals surface area contributed by atoms with Crippen LogP contribution in [0.25, 0.3) is 0 Å². The normalized spacial score (nSPS) is 11.1. The minimum atomic E-state index is -4.11. The van der Waals surface area contributed by atoms with Crippen molar-refractivity contribution in [3.05, 3.63) is 88.9 Å². The highest BCUT2D eigenvalue weighted by Gasteiger charge is 2.30. The summed E-state index contributed by atoms with van der Waals surface area (Å²) in [5.41, 5.74) is 1.99. The van der Waals surface area contributed by atoms with E-state index in [-0.39, 0.29) is 10.6 Å². The molecule has 0 heterocycles. The van der Waals surface area contributed by atoms with E-state index in [9.17, 15) is 13.2 Å². The van der Waals surface area contributed by atoms with Crippen LogP contribution in [-0.2, 0) is 21.4 Å². The number of anilines is 1. The number of methoxy groups -OCH3 is 1. The van der Waals surface area contributed by atoms with Crippen molar-refractivity contribution in [3.8, 4) is 5.75 Å². The summed E-state index contributed by atoms with van der Waals surface area (Å²) >= 11 is 5.97. The van der Waals surface area contributed by atoms with Gasteiger partial charge in [-0.15, -0.1) is 0 Å². The summed E-state index contributed by atoms with van der Waals surface area (Å²) in [7, 11) is -2.70. The van der Waals surface area contributed by atoms with E-state index in [1.165, 1.54) is 13.2 Å². The number of ether oxygens (including phenoxy) is 1. The van der Waals surface area contributed by atoms with Crippen LogP contribution in [0.5, 0.6) is 5.75 Å². The summed E-state index contributed by atoms with van der Waals surface area (Å²) < 4.78 is 33.5. The standard InChI is InChI=1S/C23H23ClN2O4S/c1-17-8-13-21(30-2)22(14-17)31(28,29)26(20-11-9-19(24)10-12-20)16-23(27)25-15-18-6-4-3-5-7-18/h3-14H,15-16H2,1-2H3,(H,25,27). The number of amides is 1. The maximum absolute atomic E-state index is 13.6. The predicted octanol–water partition coefficient (Wildman–Crippen LogP) is 4.17. The minimum absolute atomic E-state index is 0.0131. The molecule has 0 saturated heterocycles. The first kappa shape index (κ1) is 22.7. The SMILES string of the molecule is COc1ccc(C)cc1S(=O)(=O)N(CC(=O)NCc1ccccc1)c1ccc(Cl)cc1. The zero-order valence-electron chi connectivity index (χ0n) is 17.2. The Morgan fingerprint density at radius 1 is 1.03 bits per heavy atom. The van der Waals surface area contributed by atoms with E-state index in [4.69, 9.17) is 16.3 Å². The summed E-state index contributed by atoms with van der Waals surface area (Å²) in [6.45, 7) is 1.69. The second-order valence-electron chi connectivity index (χ2n) is 6.90. The molecule has 3 aromatic carbocycles. The maximum atomic E-state index is 13.6. The Labute approximate surface area is 187 Å². The highest BCUT2D eigenvalue weighted by molar-refractivity contribution is 7.93. The lowest BCUT2D eigenvalue weighted by molar-refractivity contribution is -0.119. The van der Waals surface area contributed by atoms with E-state index >= 15 is 0 Å². The zero-order valence-corrected chi connectivity index (χ0v) is 18.8. The summed E-state index contributed by atoms with van der Waals surface area (Å²) in [6.07, 6.45) is 0.